The van der Waals surface area contributed by atoms with Crippen molar-refractivity contribution in [3.63, 3.8) is 0 Å². The van der Waals surface area contributed by atoms with E-state index in [4.69, 9.17) is 0 Å². The zero-order chi connectivity index (χ0) is 27.2. The minimum absolute atomic E-state index is 1.17. The minimum atomic E-state index is 1.17. The number of aryl methyl sites for hydroxylation is 1. The van der Waals surface area contributed by atoms with Crippen molar-refractivity contribution in [2.24, 2.45) is 0 Å². The van der Waals surface area contributed by atoms with Crippen LogP contribution in [-0.2, 0) is 0 Å². The summed E-state index contributed by atoms with van der Waals surface area (Å²) in [4.78, 5) is 0. The lowest BCUT2D eigenvalue weighted by molar-refractivity contribution is 1.13. The van der Waals surface area contributed by atoms with E-state index in [1.807, 2.05) is 18.2 Å². The van der Waals surface area contributed by atoms with Crippen LogP contribution in [0.3, 0.4) is 0 Å². The van der Waals surface area contributed by atoms with Gasteiger partial charge in [0.1, 0.15) is 0 Å². The first kappa shape index (κ1) is 26.0. The van der Waals surface area contributed by atoms with E-state index in [9.17, 15) is 0 Å². The van der Waals surface area contributed by atoms with Crippen molar-refractivity contribution >= 4 is 33.8 Å². The highest BCUT2D eigenvalue weighted by Gasteiger charge is 2.09. The predicted octanol–water partition coefficient (Wildman–Crippen LogP) is 10.8. The maximum atomic E-state index is 2.29. The lowest BCUT2D eigenvalue weighted by atomic mass is 9.94. The Bertz CT molecular complexity index is 1730. The summed E-state index contributed by atoms with van der Waals surface area (Å²) < 4.78 is 2.27. The molecule has 1 heteroatoms. The van der Waals surface area contributed by atoms with Crippen molar-refractivity contribution in [1.82, 2.24) is 4.57 Å². The van der Waals surface area contributed by atoms with Crippen molar-refractivity contribution in [1.29, 1.82) is 0 Å². The van der Waals surface area contributed by atoms with Crippen LogP contribution in [0.4, 0.5) is 0 Å². The zero-order valence-corrected chi connectivity index (χ0v) is 23.2. The number of hydrogen-bond acceptors (Lipinski definition) is 0. The van der Waals surface area contributed by atoms with Crippen LogP contribution in [0.15, 0.2) is 128 Å². The predicted molar refractivity (Wildman–Crippen MR) is 172 cm³/mol. The molecule has 0 aliphatic rings. The van der Waals surface area contributed by atoms with Crippen molar-refractivity contribution in [3.8, 4) is 16.8 Å². The molecule has 192 valence electrons. The normalized spacial score (nSPS) is 11.4. The quantitative estimate of drug-likeness (QED) is 0.224. The summed E-state index contributed by atoms with van der Waals surface area (Å²) >= 11 is 0. The zero-order valence-electron chi connectivity index (χ0n) is 23.2. The number of rotatable bonds is 4. The van der Waals surface area contributed by atoms with Gasteiger partial charge in [-0.15, -0.1) is 0 Å². The van der Waals surface area contributed by atoms with Crippen LogP contribution in [-0.4, -0.2) is 4.57 Å². The number of benzene rings is 5. The van der Waals surface area contributed by atoms with Gasteiger partial charge >= 0.3 is 0 Å². The Hall–Kier alpha value is -4.62. The summed E-state index contributed by atoms with van der Waals surface area (Å²) in [6.07, 6.45) is 10.8. The highest BCUT2D eigenvalue weighted by Crippen LogP contribution is 2.31. The Balaban J connectivity index is 0.000000384. The molecule has 1 aromatic heterocycles. The summed E-state index contributed by atoms with van der Waals surface area (Å²) in [6, 6.07) is 39.0. The first-order chi connectivity index (χ1) is 19.1. The highest BCUT2D eigenvalue weighted by atomic mass is 15.0. The van der Waals surface area contributed by atoms with Crippen LogP contribution in [0.1, 0.15) is 36.1 Å². The molecule has 39 heavy (non-hydrogen) atoms. The van der Waals surface area contributed by atoms with E-state index in [0.29, 0.717) is 0 Å². The van der Waals surface area contributed by atoms with Crippen LogP contribution in [0.2, 0.25) is 0 Å². The van der Waals surface area contributed by atoms with Gasteiger partial charge < -0.3 is 4.57 Å². The first-order valence-electron chi connectivity index (χ1n) is 13.6. The Kier molecular flexibility index (Phi) is 7.89. The Morgan fingerprint density at radius 3 is 1.82 bits per heavy atom. The molecule has 0 spiro atoms. The van der Waals surface area contributed by atoms with E-state index in [1.165, 1.54) is 60.7 Å². The lowest BCUT2D eigenvalue weighted by Crippen LogP contribution is -1.93. The second-order valence-corrected chi connectivity index (χ2v) is 9.89. The molecule has 1 nitrogen and oxygen atoms in total. The van der Waals surface area contributed by atoms with Gasteiger partial charge in [0.2, 0.25) is 0 Å². The van der Waals surface area contributed by atoms with E-state index < -0.39 is 0 Å². The molecule has 0 aliphatic heterocycles. The van der Waals surface area contributed by atoms with Gasteiger partial charge in [0.05, 0.1) is 5.52 Å². The second kappa shape index (κ2) is 11.8. The summed E-state index contributed by atoms with van der Waals surface area (Å²) in [5.41, 5.74) is 10.1. The van der Waals surface area contributed by atoms with Gasteiger partial charge in [0.15, 0.2) is 0 Å². The second-order valence-electron chi connectivity index (χ2n) is 9.89. The first-order valence-corrected chi connectivity index (χ1v) is 13.6. The van der Waals surface area contributed by atoms with Gasteiger partial charge in [-0.1, -0.05) is 103 Å². The van der Waals surface area contributed by atoms with Crippen molar-refractivity contribution in [2.45, 2.75) is 27.7 Å². The molecule has 5 aromatic carbocycles. The van der Waals surface area contributed by atoms with Crippen LogP contribution in [0.5, 0.6) is 0 Å². The highest BCUT2D eigenvalue weighted by molar-refractivity contribution is 6.07. The molecule has 0 atom stereocenters. The molecule has 0 saturated carbocycles. The van der Waals surface area contributed by atoms with E-state index in [-0.39, 0.29) is 0 Å². The fourth-order valence-corrected chi connectivity index (χ4v) is 5.10. The molecule has 6 aromatic rings. The molecule has 0 radical (unpaired) electrons. The Labute approximate surface area is 232 Å². The number of aromatic nitrogens is 1. The third-order valence-electron chi connectivity index (χ3n) is 7.20. The largest absolute Gasteiger partial charge is 0.317 e. The van der Waals surface area contributed by atoms with Crippen LogP contribution >= 0.6 is 0 Å². The van der Waals surface area contributed by atoms with Crippen molar-refractivity contribution in [3.05, 3.63) is 150 Å². The molecule has 0 aliphatic carbocycles. The molecule has 0 saturated heterocycles. The van der Waals surface area contributed by atoms with Crippen LogP contribution in [0.25, 0.3) is 50.6 Å². The van der Waals surface area contributed by atoms with E-state index >= 15 is 0 Å². The standard InChI is InChI=1S/C31H27N.C7H8/c1-4-8-25-20-27(21-26(9-5-2)22(25)3)23-12-15-28(16-13-23)32-19-18-30-29-11-7-6-10-24(29)14-17-31(30)32;1-7-5-3-2-4-6-7/h4-21H,1-3H3;2-6H,1H3/b8-4-,9-5+;. The number of allylic oxidation sites excluding steroid dienone is 2. The van der Waals surface area contributed by atoms with Crippen molar-refractivity contribution < 1.29 is 0 Å². The van der Waals surface area contributed by atoms with Crippen molar-refractivity contribution in [2.75, 3.05) is 0 Å². The number of hydrogen-bond donors (Lipinski definition) is 0. The molecule has 6 rings (SSSR count). The Morgan fingerprint density at radius 1 is 0.564 bits per heavy atom. The molecule has 0 fully saturated rings. The van der Waals surface area contributed by atoms with Gasteiger partial charge in [0.25, 0.3) is 0 Å². The third-order valence-corrected chi connectivity index (χ3v) is 7.20. The topological polar surface area (TPSA) is 4.93 Å². The fraction of sp³-hybridized carbons (Fsp3) is 0.105. The summed E-state index contributed by atoms with van der Waals surface area (Å²) in [7, 11) is 0. The molecule has 1 heterocycles. The van der Waals surface area contributed by atoms with Gasteiger partial charge in [-0.3, -0.25) is 0 Å². The van der Waals surface area contributed by atoms with E-state index in [1.54, 1.807) is 0 Å². The average Bonchev–Trinajstić information content (AvgIpc) is 3.41. The third kappa shape index (κ3) is 5.63. The number of nitrogens with zero attached hydrogens (tertiary/aromatic N) is 1. The Morgan fingerprint density at radius 2 is 1.21 bits per heavy atom. The summed E-state index contributed by atoms with van der Waals surface area (Å²) in [5, 5.41) is 3.87. The molecule has 0 N–H and O–H groups in total. The molecule has 0 bridgehead atoms. The molecular formula is C38H35N. The van der Waals surface area contributed by atoms with E-state index in [2.05, 4.69) is 154 Å². The summed E-state index contributed by atoms with van der Waals surface area (Å²) in [5.74, 6) is 0. The molecule has 0 amide bonds. The monoisotopic (exact) mass is 505 g/mol. The fourth-order valence-electron chi connectivity index (χ4n) is 5.10. The number of fused-ring (bicyclic) bond motifs is 3. The molecular weight excluding hydrogens is 470 g/mol. The average molecular weight is 506 g/mol. The minimum Gasteiger partial charge on any atom is -0.317 e. The van der Waals surface area contributed by atoms with Gasteiger partial charge in [-0.05, 0) is 103 Å². The maximum absolute atomic E-state index is 2.29. The van der Waals surface area contributed by atoms with Crippen LogP contribution in [0, 0.1) is 13.8 Å². The lowest BCUT2D eigenvalue weighted by Gasteiger charge is -2.12. The van der Waals surface area contributed by atoms with Gasteiger partial charge in [-0.25, -0.2) is 0 Å². The van der Waals surface area contributed by atoms with Crippen LogP contribution < -0.4 is 0 Å². The molecule has 0 unspecified atom stereocenters. The smallest absolute Gasteiger partial charge is 0.0534 e. The van der Waals surface area contributed by atoms with Gasteiger partial charge in [0, 0.05) is 17.3 Å². The summed E-state index contributed by atoms with van der Waals surface area (Å²) in [6.45, 7) is 8.42. The SMILES string of the molecule is C/C=C\c1cc(-c2ccc(-n3ccc4c5ccccc5ccc43)cc2)cc(/C=C/C)c1C.Cc1ccccc1. The van der Waals surface area contributed by atoms with Gasteiger partial charge in [-0.2, -0.15) is 0 Å². The maximum Gasteiger partial charge on any atom is 0.0534 e. The van der Waals surface area contributed by atoms with E-state index in [0.717, 1.165) is 0 Å².